The molecule has 2 saturated heterocycles. The van der Waals surface area contributed by atoms with Gasteiger partial charge in [0.25, 0.3) is 0 Å². The molecule has 2 heterocycles. The molecule has 0 saturated carbocycles. The highest BCUT2D eigenvalue weighted by molar-refractivity contribution is 5.83. The Morgan fingerprint density at radius 3 is 2.04 bits per heavy atom. The van der Waals surface area contributed by atoms with Gasteiger partial charge in [0, 0.05) is 6.42 Å². The summed E-state index contributed by atoms with van der Waals surface area (Å²) in [5.74, 6) is -0.638. The van der Waals surface area contributed by atoms with Gasteiger partial charge in [-0.25, -0.2) is 0 Å². The minimum atomic E-state index is -1.77. The average Bonchev–Trinajstić information content (AvgIpc) is 2.70. The van der Waals surface area contributed by atoms with E-state index < -0.39 is 86.3 Å². The third-order valence-corrected chi connectivity index (χ3v) is 5.03. The lowest BCUT2D eigenvalue weighted by Crippen LogP contribution is -2.66. The maximum atomic E-state index is 11.7. The molecule has 2 aliphatic rings. The summed E-state index contributed by atoms with van der Waals surface area (Å²) in [4.78, 5) is 11.7. The lowest BCUT2D eigenvalue weighted by Gasteiger charge is -2.46. The van der Waals surface area contributed by atoms with Crippen molar-refractivity contribution in [2.75, 3.05) is 13.2 Å². The van der Waals surface area contributed by atoms with Crippen molar-refractivity contribution in [1.82, 2.24) is 0 Å². The molecule has 12 nitrogen and oxygen atoms in total. The van der Waals surface area contributed by atoms with Crippen LogP contribution in [0.4, 0.5) is 0 Å². The van der Waals surface area contributed by atoms with Crippen molar-refractivity contribution in [2.45, 2.75) is 80.7 Å². The van der Waals surface area contributed by atoms with E-state index in [1.165, 1.54) is 6.92 Å². The zero-order valence-corrected chi connectivity index (χ0v) is 15.2. The highest BCUT2D eigenvalue weighted by Gasteiger charge is 2.52. The zero-order valence-electron chi connectivity index (χ0n) is 15.2. The van der Waals surface area contributed by atoms with E-state index in [0.29, 0.717) is 0 Å². The first-order valence-electron chi connectivity index (χ1n) is 8.97. The quantitative estimate of drug-likeness (QED) is 0.198. The van der Waals surface area contributed by atoms with E-state index in [0.717, 1.165) is 0 Å². The Labute approximate surface area is 160 Å². The minimum absolute atomic E-state index is 0.0432. The molecule has 2 unspecified atom stereocenters. The molecule has 0 aromatic rings. The molecule has 0 spiro atoms. The molecule has 12 heteroatoms. The summed E-state index contributed by atoms with van der Waals surface area (Å²) in [5.41, 5.74) is 0. The van der Waals surface area contributed by atoms with E-state index >= 15 is 0 Å². The summed E-state index contributed by atoms with van der Waals surface area (Å²) in [6.45, 7) is 0.0507. The molecule has 2 fully saturated rings. The highest BCUT2D eigenvalue weighted by atomic mass is 16.7. The molecule has 28 heavy (non-hydrogen) atoms. The number of hydrogen-bond donors (Lipinski definition) is 8. The first-order chi connectivity index (χ1) is 13.2. The van der Waals surface area contributed by atoms with Gasteiger partial charge in [0.1, 0.15) is 61.0 Å². The number of carbonyl (C=O) groups excluding carboxylic acids is 1. The third kappa shape index (κ3) is 4.52. The minimum Gasteiger partial charge on any atom is -0.394 e. The second-order valence-corrected chi connectivity index (χ2v) is 6.87. The van der Waals surface area contributed by atoms with E-state index in [4.69, 9.17) is 14.2 Å². The number of hydrogen-bond acceptors (Lipinski definition) is 12. The standard InChI is InChI=1S/C16H28O12/c1-2-5(19)8(20)15-12(24)11(23)14(7(4-18)26-15)28-16-13(25)10(22)9(21)6(3-17)27-16/h6-18,20-25H,2-4H2,1H3/t6-,7-,8?,9+,10+,11-,12-,13-,14-,15?,16+/m1/s1. The van der Waals surface area contributed by atoms with Crippen LogP contribution in [0.15, 0.2) is 0 Å². The van der Waals surface area contributed by atoms with Crippen LogP contribution in [0, 0.1) is 0 Å². The van der Waals surface area contributed by atoms with Crippen LogP contribution < -0.4 is 0 Å². The van der Waals surface area contributed by atoms with Gasteiger partial charge in [-0.3, -0.25) is 4.79 Å². The molecule has 164 valence electrons. The summed E-state index contributed by atoms with van der Waals surface area (Å²) < 4.78 is 15.9. The van der Waals surface area contributed by atoms with Gasteiger partial charge in [-0.05, 0) is 0 Å². The normalized spacial score (nSPS) is 45.6. The topological polar surface area (TPSA) is 207 Å². The predicted octanol–water partition coefficient (Wildman–Crippen LogP) is -5.01. The van der Waals surface area contributed by atoms with Crippen LogP contribution in [-0.2, 0) is 19.0 Å². The fourth-order valence-electron chi connectivity index (χ4n) is 3.27. The lowest BCUT2D eigenvalue weighted by atomic mass is 9.90. The van der Waals surface area contributed by atoms with Gasteiger partial charge in [-0.2, -0.15) is 0 Å². The molecular formula is C16H28O12. The average molecular weight is 412 g/mol. The van der Waals surface area contributed by atoms with Gasteiger partial charge in [-0.1, -0.05) is 6.92 Å². The summed E-state index contributed by atoms with van der Waals surface area (Å²) in [7, 11) is 0. The van der Waals surface area contributed by atoms with E-state index in [1.807, 2.05) is 0 Å². The first kappa shape index (κ1) is 23.5. The van der Waals surface area contributed by atoms with Crippen molar-refractivity contribution in [2.24, 2.45) is 0 Å². The van der Waals surface area contributed by atoms with E-state index in [1.54, 1.807) is 0 Å². The summed E-state index contributed by atoms with van der Waals surface area (Å²) in [6, 6.07) is 0. The van der Waals surface area contributed by atoms with Crippen molar-refractivity contribution in [3.8, 4) is 0 Å². The molecule has 0 aromatic heterocycles. The Morgan fingerprint density at radius 1 is 0.893 bits per heavy atom. The predicted molar refractivity (Wildman–Crippen MR) is 87.7 cm³/mol. The molecule has 0 amide bonds. The number of Topliss-reactive ketones (excluding diaryl/α,β-unsaturated/α-hetero) is 1. The van der Waals surface area contributed by atoms with Crippen molar-refractivity contribution < 1.29 is 59.9 Å². The Balaban J connectivity index is 2.16. The Bertz CT molecular complexity index is 514. The van der Waals surface area contributed by atoms with Gasteiger partial charge in [-0.15, -0.1) is 0 Å². The maximum absolute atomic E-state index is 11.7. The van der Waals surface area contributed by atoms with Crippen molar-refractivity contribution >= 4 is 5.78 Å². The number of carbonyl (C=O) groups is 1. The summed E-state index contributed by atoms with van der Waals surface area (Å²) >= 11 is 0. The number of ketones is 1. The third-order valence-electron chi connectivity index (χ3n) is 5.03. The Hall–Kier alpha value is -0.770. The second-order valence-electron chi connectivity index (χ2n) is 6.87. The number of aliphatic hydroxyl groups excluding tert-OH is 8. The summed E-state index contributed by atoms with van der Waals surface area (Å²) in [6.07, 6.45) is -17.7. The number of ether oxygens (including phenoxy) is 3. The highest BCUT2D eigenvalue weighted by Crippen LogP contribution is 2.30. The van der Waals surface area contributed by atoms with Gasteiger partial charge >= 0.3 is 0 Å². The van der Waals surface area contributed by atoms with Crippen LogP contribution in [0.2, 0.25) is 0 Å². The zero-order chi connectivity index (χ0) is 21.2. The van der Waals surface area contributed by atoms with Gasteiger partial charge < -0.3 is 55.1 Å². The largest absolute Gasteiger partial charge is 0.394 e. The first-order valence-corrected chi connectivity index (χ1v) is 8.97. The van der Waals surface area contributed by atoms with Crippen LogP contribution >= 0.6 is 0 Å². The monoisotopic (exact) mass is 412 g/mol. The van der Waals surface area contributed by atoms with Crippen molar-refractivity contribution in [3.63, 3.8) is 0 Å². The van der Waals surface area contributed by atoms with E-state index in [9.17, 15) is 45.6 Å². The maximum Gasteiger partial charge on any atom is 0.187 e. The molecule has 2 rings (SSSR count). The van der Waals surface area contributed by atoms with Crippen LogP contribution in [0.25, 0.3) is 0 Å². The molecular weight excluding hydrogens is 384 g/mol. The van der Waals surface area contributed by atoms with Gasteiger partial charge in [0.2, 0.25) is 0 Å². The van der Waals surface area contributed by atoms with E-state index in [2.05, 4.69) is 0 Å². The molecule has 0 radical (unpaired) electrons. The van der Waals surface area contributed by atoms with Gasteiger partial charge in [0.05, 0.1) is 13.2 Å². The van der Waals surface area contributed by atoms with Crippen LogP contribution in [-0.4, -0.2) is 127 Å². The molecule has 2 aliphatic heterocycles. The smallest absolute Gasteiger partial charge is 0.187 e. The molecule has 11 atom stereocenters. The van der Waals surface area contributed by atoms with Crippen molar-refractivity contribution in [1.29, 1.82) is 0 Å². The molecule has 0 aromatic carbocycles. The number of rotatable bonds is 7. The SMILES string of the molecule is CCC(=O)C(O)C1O[C@H](CO)[C@@H](O[C@@H]2O[C@H](CO)[C@H](O)[C@H](O)[C@H]2O)[C@H](O)[C@H]1O. The fraction of sp³-hybridized carbons (Fsp3) is 0.938. The lowest BCUT2D eigenvalue weighted by molar-refractivity contribution is -0.344. The second kappa shape index (κ2) is 9.82. The number of aliphatic hydroxyl groups is 8. The molecule has 0 bridgehead atoms. The van der Waals surface area contributed by atoms with Crippen LogP contribution in [0.3, 0.4) is 0 Å². The van der Waals surface area contributed by atoms with Crippen molar-refractivity contribution in [3.05, 3.63) is 0 Å². The molecule has 0 aliphatic carbocycles. The van der Waals surface area contributed by atoms with E-state index in [-0.39, 0.29) is 6.42 Å². The van der Waals surface area contributed by atoms with Crippen LogP contribution in [0.5, 0.6) is 0 Å². The molecule has 8 N–H and O–H groups in total. The van der Waals surface area contributed by atoms with Crippen LogP contribution in [0.1, 0.15) is 13.3 Å². The fourth-order valence-corrected chi connectivity index (χ4v) is 3.27. The summed E-state index contributed by atoms with van der Waals surface area (Å²) in [5, 5.41) is 79.0. The Kier molecular flexibility index (Phi) is 8.25. The Morgan fingerprint density at radius 2 is 1.50 bits per heavy atom. The van der Waals surface area contributed by atoms with Gasteiger partial charge in [0.15, 0.2) is 12.1 Å².